The molecule has 1 nitrogen and oxygen atoms in total. The Kier molecular flexibility index (Phi) is 2.69. The van der Waals surface area contributed by atoms with Crippen LogP contribution in [0, 0.1) is 11.3 Å². The molecule has 0 atom stereocenters. The summed E-state index contributed by atoms with van der Waals surface area (Å²) < 4.78 is 1.01. The normalized spacial score (nSPS) is 10.4. The third-order valence-corrected chi connectivity index (χ3v) is 4.20. The number of halogens is 1. The van der Waals surface area contributed by atoms with Crippen LogP contribution in [0.1, 0.15) is 5.56 Å². The van der Waals surface area contributed by atoms with Gasteiger partial charge >= 0.3 is 0 Å². The number of thiophene rings is 1. The van der Waals surface area contributed by atoms with Crippen LogP contribution in [0.5, 0.6) is 0 Å². The highest BCUT2D eigenvalue weighted by Gasteiger charge is 2.10. The van der Waals surface area contributed by atoms with E-state index < -0.39 is 0 Å². The SMILES string of the molecule is CSc1ccc(Cl)c2scc(C#N)c12. The largest absolute Gasteiger partial charge is 0.192 e. The standard InChI is InChI=1S/C10H6ClNS2/c1-13-8-3-2-7(11)10-9(8)6(4-12)5-14-10/h2-3,5H,1H3. The second kappa shape index (κ2) is 3.82. The molecule has 4 heteroatoms. The fourth-order valence-electron chi connectivity index (χ4n) is 1.34. The molecule has 1 aromatic heterocycles. The van der Waals surface area contributed by atoms with Crippen molar-refractivity contribution >= 4 is 44.8 Å². The summed E-state index contributed by atoms with van der Waals surface area (Å²) in [7, 11) is 0. The van der Waals surface area contributed by atoms with Crippen molar-refractivity contribution < 1.29 is 0 Å². The first-order chi connectivity index (χ1) is 6.77. The van der Waals surface area contributed by atoms with E-state index in [0.29, 0.717) is 0 Å². The molecule has 0 radical (unpaired) electrons. The molecule has 0 saturated carbocycles. The van der Waals surface area contributed by atoms with E-state index in [2.05, 4.69) is 6.07 Å². The molecule has 2 rings (SSSR count). The molecule has 0 bridgehead atoms. The van der Waals surface area contributed by atoms with Gasteiger partial charge in [0, 0.05) is 15.7 Å². The molecular weight excluding hydrogens is 234 g/mol. The second-order valence-electron chi connectivity index (χ2n) is 2.71. The van der Waals surface area contributed by atoms with Crippen LogP contribution in [-0.4, -0.2) is 6.26 Å². The Balaban J connectivity index is 2.90. The van der Waals surface area contributed by atoms with Crippen molar-refractivity contribution in [2.45, 2.75) is 4.90 Å². The monoisotopic (exact) mass is 239 g/mol. The number of benzene rings is 1. The number of nitriles is 1. The molecule has 0 N–H and O–H groups in total. The van der Waals surface area contributed by atoms with Gasteiger partial charge in [-0.15, -0.1) is 23.1 Å². The van der Waals surface area contributed by atoms with Crippen molar-refractivity contribution in [2.24, 2.45) is 0 Å². The maximum atomic E-state index is 8.94. The van der Waals surface area contributed by atoms with Gasteiger partial charge in [0.2, 0.25) is 0 Å². The van der Waals surface area contributed by atoms with Gasteiger partial charge in [0.05, 0.1) is 15.3 Å². The Morgan fingerprint density at radius 3 is 2.93 bits per heavy atom. The van der Waals surface area contributed by atoms with E-state index in [0.717, 1.165) is 25.6 Å². The van der Waals surface area contributed by atoms with E-state index in [9.17, 15) is 0 Å². The van der Waals surface area contributed by atoms with Crippen molar-refractivity contribution in [2.75, 3.05) is 6.26 Å². The Morgan fingerprint density at radius 2 is 2.29 bits per heavy atom. The predicted molar refractivity (Wildman–Crippen MR) is 63.3 cm³/mol. The van der Waals surface area contributed by atoms with Gasteiger partial charge < -0.3 is 0 Å². The zero-order valence-corrected chi connectivity index (χ0v) is 9.76. The zero-order chi connectivity index (χ0) is 10.1. The van der Waals surface area contributed by atoms with E-state index in [1.807, 2.05) is 23.8 Å². The molecule has 0 spiro atoms. The average molecular weight is 240 g/mol. The maximum Gasteiger partial charge on any atom is 0.101 e. The summed E-state index contributed by atoms with van der Waals surface area (Å²) in [4.78, 5) is 1.11. The summed E-state index contributed by atoms with van der Waals surface area (Å²) in [5.74, 6) is 0. The van der Waals surface area contributed by atoms with Gasteiger partial charge in [0.1, 0.15) is 6.07 Å². The first-order valence-corrected chi connectivity index (χ1v) is 6.40. The minimum Gasteiger partial charge on any atom is -0.192 e. The summed E-state index contributed by atoms with van der Waals surface area (Å²) in [5, 5.41) is 12.5. The van der Waals surface area contributed by atoms with Crippen LogP contribution in [0.3, 0.4) is 0 Å². The highest BCUT2D eigenvalue weighted by atomic mass is 35.5. The first-order valence-electron chi connectivity index (χ1n) is 3.91. The Bertz CT molecular complexity index is 525. The van der Waals surface area contributed by atoms with Crippen LogP contribution < -0.4 is 0 Å². The lowest BCUT2D eigenvalue weighted by molar-refractivity contribution is 1.50. The lowest BCUT2D eigenvalue weighted by Crippen LogP contribution is -1.76. The van der Waals surface area contributed by atoms with E-state index in [1.165, 1.54) is 11.3 Å². The smallest absolute Gasteiger partial charge is 0.101 e. The predicted octanol–water partition coefficient (Wildman–Crippen LogP) is 4.15. The fraction of sp³-hybridized carbons (Fsp3) is 0.100. The summed E-state index contributed by atoms with van der Waals surface area (Å²) in [6, 6.07) is 6.03. The minimum atomic E-state index is 0.719. The van der Waals surface area contributed by atoms with Crippen LogP contribution in [-0.2, 0) is 0 Å². The fourth-order valence-corrected chi connectivity index (χ4v) is 3.24. The van der Waals surface area contributed by atoms with Gasteiger partial charge in [-0.05, 0) is 18.4 Å². The number of fused-ring (bicyclic) bond motifs is 1. The van der Waals surface area contributed by atoms with Crippen molar-refractivity contribution in [1.82, 2.24) is 0 Å². The number of nitrogens with zero attached hydrogens (tertiary/aromatic N) is 1. The molecule has 1 heterocycles. The lowest BCUT2D eigenvalue weighted by atomic mass is 10.2. The highest BCUT2D eigenvalue weighted by molar-refractivity contribution is 7.98. The Hall–Kier alpha value is -0.690. The van der Waals surface area contributed by atoms with Gasteiger partial charge in [0.15, 0.2) is 0 Å². The molecule has 0 aliphatic rings. The molecule has 70 valence electrons. The molecule has 0 aliphatic carbocycles. The molecule has 0 fully saturated rings. The maximum absolute atomic E-state index is 8.94. The van der Waals surface area contributed by atoms with Crippen LogP contribution in [0.2, 0.25) is 5.02 Å². The van der Waals surface area contributed by atoms with Crippen molar-refractivity contribution in [1.29, 1.82) is 5.26 Å². The van der Waals surface area contributed by atoms with Gasteiger partial charge in [-0.2, -0.15) is 5.26 Å². The lowest BCUT2D eigenvalue weighted by Gasteiger charge is -2.00. The van der Waals surface area contributed by atoms with Crippen LogP contribution in [0.4, 0.5) is 0 Å². The molecule has 1 aromatic carbocycles. The van der Waals surface area contributed by atoms with Crippen LogP contribution in [0.25, 0.3) is 10.1 Å². The summed E-state index contributed by atoms with van der Waals surface area (Å²) in [5.41, 5.74) is 0.719. The third kappa shape index (κ3) is 1.40. The number of rotatable bonds is 1. The van der Waals surface area contributed by atoms with E-state index in [-0.39, 0.29) is 0 Å². The van der Waals surface area contributed by atoms with Gasteiger partial charge in [-0.3, -0.25) is 0 Å². The topological polar surface area (TPSA) is 23.8 Å². The summed E-state index contributed by atoms with van der Waals surface area (Å²) >= 11 is 9.21. The summed E-state index contributed by atoms with van der Waals surface area (Å²) in [6.07, 6.45) is 2.00. The Morgan fingerprint density at radius 1 is 1.50 bits per heavy atom. The summed E-state index contributed by atoms with van der Waals surface area (Å²) in [6.45, 7) is 0. The average Bonchev–Trinajstić information content (AvgIpc) is 2.63. The van der Waals surface area contributed by atoms with Crippen molar-refractivity contribution in [3.05, 3.63) is 28.1 Å². The number of thioether (sulfide) groups is 1. The highest BCUT2D eigenvalue weighted by Crippen LogP contribution is 2.37. The van der Waals surface area contributed by atoms with Crippen molar-refractivity contribution in [3.63, 3.8) is 0 Å². The second-order valence-corrected chi connectivity index (χ2v) is 4.85. The van der Waals surface area contributed by atoms with E-state index in [4.69, 9.17) is 16.9 Å². The third-order valence-electron chi connectivity index (χ3n) is 1.98. The molecule has 14 heavy (non-hydrogen) atoms. The first kappa shape index (κ1) is 9.85. The minimum absolute atomic E-state index is 0.719. The molecule has 0 saturated heterocycles. The van der Waals surface area contributed by atoms with E-state index >= 15 is 0 Å². The molecule has 2 aromatic rings. The van der Waals surface area contributed by atoms with Crippen molar-refractivity contribution in [3.8, 4) is 6.07 Å². The van der Waals surface area contributed by atoms with Gasteiger partial charge in [0.25, 0.3) is 0 Å². The molecular formula is C10H6ClNS2. The molecule has 0 aliphatic heterocycles. The van der Waals surface area contributed by atoms with Crippen LogP contribution >= 0.6 is 34.7 Å². The molecule has 0 amide bonds. The van der Waals surface area contributed by atoms with Gasteiger partial charge in [-0.25, -0.2) is 0 Å². The number of hydrogen-bond acceptors (Lipinski definition) is 3. The van der Waals surface area contributed by atoms with Gasteiger partial charge in [-0.1, -0.05) is 11.6 Å². The zero-order valence-electron chi connectivity index (χ0n) is 7.37. The number of hydrogen-bond donors (Lipinski definition) is 0. The quantitative estimate of drug-likeness (QED) is 0.698. The molecule has 0 unspecified atom stereocenters. The van der Waals surface area contributed by atoms with E-state index in [1.54, 1.807) is 11.8 Å². The Labute approximate surface area is 95.3 Å². The van der Waals surface area contributed by atoms with Crippen LogP contribution in [0.15, 0.2) is 22.4 Å².